The smallest absolute Gasteiger partial charge is 0.390 e. The van der Waals surface area contributed by atoms with Gasteiger partial charge in [0.25, 0.3) is 0 Å². The number of hydrogen-bond donors (Lipinski definition) is 5. The van der Waals surface area contributed by atoms with Gasteiger partial charge in [0.05, 0.1) is 18.8 Å². The summed E-state index contributed by atoms with van der Waals surface area (Å²) >= 11 is 0. The summed E-state index contributed by atoms with van der Waals surface area (Å²) < 4.78 is 33.2. The molecule has 5 atom stereocenters. The molecule has 0 aromatic heterocycles. The molecule has 8 nitrogen and oxygen atoms in total. The van der Waals surface area contributed by atoms with Crippen LogP contribution in [0, 0.1) is 11.8 Å². The maximum absolute atomic E-state index is 10.4. The second-order valence-corrected chi connectivity index (χ2v) is 5.99. The molecule has 0 saturated heterocycles. The second kappa shape index (κ2) is 7.48. The lowest BCUT2D eigenvalue weighted by Crippen LogP contribution is -2.49. The molecule has 0 bridgehead atoms. The first-order valence-electron chi connectivity index (χ1n) is 5.81. The topological polar surface area (TPSA) is 145 Å². The standard InChI is InChI=1S/C10H22O8S/c1-5(2)7(11)9(13)10(14)8(12)6(3)4-18-19(15,16)17/h5-14H,4H2,1-3H3,(H,15,16,17)/t6?,7-,8+,9?,10+/m0/s1. The molecule has 0 rings (SSSR count). The van der Waals surface area contributed by atoms with E-state index in [4.69, 9.17) is 4.55 Å². The number of aliphatic hydroxyl groups excluding tert-OH is 4. The Morgan fingerprint density at radius 3 is 1.68 bits per heavy atom. The molecule has 0 aliphatic rings. The minimum Gasteiger partial charge on any atom is -0.390 e. The van der Waals surface area contributed by atoms with Crippen LogP contribution in [-0.4, -0.2) is 64.4 Å². The van der Waals surface area contributed by atoms with Gasteiger partial charge in [0, 0.05) is 5.92 Å². The molecule has 5 N–H and O–H groups in total. The highest BCUT2D eigenvalue weighted by atomic mass is 32.3. The van der Waals surface area contributed by atoms with E-state index in [1.165, 1.54) is 6.92 Å². The van der Waals surface area contributed by atoms with E-state index in [1.807, 2.05) is 0 Å². The van der Waals surface area contributed by atoms with Crippen LogP contribution in [0.5, 0.6) is 0 Å². The highest BCUT2D eigenvalue weighted by Crippen LogP contribution is 2.17. The molecule has 0 heterocycles. The van der Waals surface area contributed by atoms with Gasteiger partial charge >= 0.3 is 10.4 Å². The molecular weight excluding hydrogens is 280 g/mol. The zero-order valence-corrected chi connectivity index (χ0v) is 11.9. The Labute approximate surface area is 112 Å². The molecule has 0 spiro atoms. The molecule has 0 amide bonds. The monoisotopic (exact) mass is 302 g/mol. The zero-order chi connectivity index (χ0) is 15.4. The van der Waals surface area contributed by atoms with Crippen molar-refractivity contribution in [3.8, 4) is 0 Å². The fourth-order valence-corrected chi connectivity index (χ4v) is 1.81. The number of aliphatic hydroxyl groups is 4. The van der Waals surface area contributed by atoms with E-state index in [1.54, 1.807) is 13.8 Å². The van der Waals surface area contributed by atoms with Crippen molar-refractivity contribution >= 4 is 10.4 Å². The van der Waals surface area contributed by atoms with E-state index in [9.17, 15) is 28.8 Å². The summed E-state index contributed by atoms with van der Waals surface area (Å²) in [7, 11) is -4.63. The Balaban J connectivity index is 4.50. The van der Waals surface area contributed by atoms with Crippen molar-refractivity contribution in [3.63, 3.8) is 0 Å². The minimum absolute atomic E-state index is 0.332. The maximum atomic E-state index is 10.4. The van der Waals surface area contributed by atoms with Gasteiger partial charge in [-0.05, 0) is 5.92 Å². The van der Waals surface area contributed by atoms with Crippen molar-refractivity contribution in [1.29, 1.82) is 0 Å². The lowest BCUT2D eigenvalue weighted by Gasteiger charge is -2.30. The molecule has 0 radical (unpaired) electrons. The average molecular weight is 302 g/mol. The Morgan fingerprint density at radius 1 is 0.895 bits per heavy atom. The van der Waals surface area contributed by atoms with Crippen molar-refractivity contribution < 1.29 is 37.6 Å². The van der Waals surface area contributed by atoms with Crippen LogP contribution in [0.3, 0.4) is 0 Å². The van der Waals surface area contributed by atoms with Crippen molar-refractivity contribution in [3.05, 3.63) is 0 Å². The SMILES string of the molecule is CC(C)[C@H](O)C(O)[C@H](O)[C@H](O)C(C)COS(=O)(=O)O. The lowest BCUT2D eigenvalue weighted by molar-refractivity contribution is -0.129. The summed E-state index contributed by atoms with van der Waals surface area (Å²) in [5.74, 6) is -1.22. The third kappa shape index (κ3) is 6.61. The minimum atomic E-state index is -4.63. The molecule has 9 heteroatoms. The van der Waals surface area contributed by atoms with Crippen LogP contribution in [0.1, 0.15) is 20.8 Å². The van der Waals surface area contributed by atoms with E-state index in [0.29, 0.717) is 0 Å². The molecule has 0 aromatic rings. The lowest BCUT2D eigenvalue weighted by atomic mass is 9.91. The summed E-state index contributed by atoms with van der Waals surface area (Å²) in [6.07, 6.45) is -6.01. The van der Waals surface area contributed by atoms with Crippen LogP contribution >= 0.6 is 0 Å². The molecular formula is C10H22O8S. The van der Waals surface area contributed by atoms with E-state index in [2.05, 4.69) is 4.18 Å². The molecule has 0 aromatic carbocycles. The van der Waals surface area contributed by atoms with Crippen LogP contribution < -0.4 is 0 Å². The maximum Gasteiger partial charge on any atom is 0.397 e. The van der Waals surface area contributed by atoms with Crippen LogP contribution in [0.4, 0.5) is 0 Å². The highest BCUT2D eigenvalue weighted by molar-refractivity contribution is 7.80. The average Bonchev–Trinajstić information content (AvgIpc) is 2.30. The Hall–Kier alpha value is -0.290. The summed E-state index contributed by atoms with van der Waals surface area (Å²) in [4.78, 5) is 0. The van der Waals surface area contributed by atoms with Crippen LogP contribution in [-0.2, 0) is 14.6 Å². The van der Waals surface area contributed by atoms with Crippen LogP contribution in [0.2, 0.25) is 0 Å². The molecule has 2 unspecified atom stereocenters. The van der Waals surface area contributed by atoms with E-state index >= 15 is 0 Å². The van der Waals surface area contributed by atoms with E-state index < -0.39 is 47.3 Å². The Bertz CT molecular complexity index is 355. The number of rotatable bonds is 8. The third-order valence-corrected chi connectivity index (χ3v) is 3.23. The van der Waals surface area contributed by atoms with E-state index in [0.717, 1.165) is 0 Å². The highest BCUT2D eigenvalue weighted by Gasteiger charge is 2.34. The van der Waals surface area contributed by atoms with Crippen molar-refractivity contribution in [2.75, 3.05) is 6.61 Å². The zero-order valence-electron chi connectivity index (χ0n) is 11.0. The van der Waals surface area contributed by atoms with Gasteiger partial charge in [-0.2, -0.15) is 8.42 Å². The van der Waals surface area contributed by atoms with Crippen molar-refractivity contribution in [1.82, 2.24) is 0 Å². The first-order chi connectivity index (χ1) is 8.47. The van der Waals surface area contributed by atoms with Crippen LogP contribution in [0.25, 0.3) is 0 Å². The van der Waals surface area contributed by atoms with Gasteiger partial charge in [-0.3, -0.25) is 4.55 Å². The molecule has 0 aliphatic heterocycles. The molecule has 116 valence electrons. The van der Waals surface area contributed by atoms with Gasteiger partial charge in [-0.15, -0.1) is 0 Å². The number of hydrogen-bond acceptors (Lipinski definition) is 7. The molecule has 19 heavy (non-hydrogen) atoms. The molecule has 0 fully saturated rings. The first-order valence-corrected chi connectivity index (χ1v) is 7.18. The van der Waals surface area contributed by atoms with Crippen molar-refractivity contribution in [2.24, 2.45) is 11.8 Å². The van der Waals surface area contributed by atoms with Gasteiger partial charge < -0.3 is 20.4 Å². The predicted octanol–water partition coefficient (Wildman–Crippen LogP) is -1.46. The summed E-state index contributed by atoms with van der Waals surface area (Å²) in [5.41, 5.74) is 0. The quantitative estimate of drug-likeness (QED) is 0.342. The van der Waals surface area contributed by atoms with Gasteiger partial charge in [-0.1, -0.05) is 20.8 Å². The van der Waals surface area contributed by atoms with Crippen LogP contribution in [0.15, 0.2) is 0 Å². The van der Waals surface area contributed by atoms with Crippen molar-refractivity contribution in [2.45, 2.75) is 45.2 Å². The second-order valence-electron chi connectivity index (χ2n) is 4.90. The van der Waals surface area contributed by atoms with Gasteiger partial charge in [-0.25, -0.2) is 4.18 Å². The van der Waals surface area contributed by atoms with Gasteiger partial charge in [0.15, 0.2) is 0 Å². The third-order valence-electron chi connectivity index (χ3n) is 2.80. The van der Waals surface area contributed by atoms with Gasteiger partial charge in [0.1, 0.15) is 12.2 Å². The molecule has 0 saturated carbocycles. The summed E-state index contributed by atoms with van der Waals surface area (Å²) in [5, 5.41) is 38.6. The normalized spacial score (nSPS) is 20.9. The van der Waals surface area contributed by atoms with E-state index in [-0.39, 0.29) is 5.92 Å². The van der Waals surface area contributed by atoms with Gasteiger partial charge in [0.2, 0.25) is 0 Å². The molecule has 0 aliphatic carbocycles. The fourth-order valence-electron chi connectivity index (χ4n) is 1.43. The first kappa shape index (κ1) is 18.7. The summed E-state index contributed by atoms with van der Waals surface area (Å²) in [6.45, 7) is 4.03. The fraction of sp³-hybridized carbons (Fsp3) is 1.00. The predicted molar refractivity (Wildman–Crippen MR) is 65.5 cm³/mol. The Morgan fingerprint density at radius 2 is 1.32 bits per heavy atom. The largest absolute Gasteiger partial charge is 0.397 e. The summed E-state index contributed by atoms with van der Waals surface area (Å²) in [6, 6.07) is 0. The Kier molecular flexibility index (Phi) is 7.37.